The number of benzene rings is 3. The van der Waals surface area contributed by atoms with Crippen molar-refractivity contribution in [2.45, 2.75) is 65.1 Å². The van der Waals surface area contributed by atoms with Gasteiger partial charge in [-0.1, -0.05) is 91.3 Å². The molecule has 5 nitrogen and oxygen atoms in total. The molecular weight excluding hydrogens is 528 g/mol. The Bertz CT molecular complexity index is 1150. The zero-order valence-corrected chi connectivity index (χ0v) is 23.7. The summed E-state index contributed by atoms with van der Waals surface area (Å²) in [6.45, 7) is 8.41. The van der Waals surface area contributed by atoms with Crippen molar-refractivity contribution in [3.05, 3.63) is 100 Å². The van der Waals surface area contributed by atoms with E-state index >= 15 is 0 Å². The molecule has 2 amide bonds. The van der Waals surface area contributed by atoms with Crippen LogP contribution in [0.4, 0.5) is 0 Å². The average Bonchev–Trinajstić information content (AvgIpc) is 2.90. The van der Waals surface area contributed by atoms with Gasteiger partial charge in [-0.25, -0.2) is 0 Å². The van der Waals surface area contributed by atoms with Crippen LogP contribution in [0.1, 0.15) is 56.7 Å². The lowest BCUT2D eigenvalue weighted by Crippen LogP contribution is -2.53. The number of rotatable bonds is 12. The third-order valence-corrected chi connectivity index (χ3v) is 6.92. The first-order valence-electron chi connectivity index (χ1n) is 12.9. The Kier molecular flexibility index (Phi) is 10.8. The minimum atomic E-state index is -0.685. The number of halogens is 1. The van der Waals surface area contributed by atoms with Crippen molar-refractivity contribution in [3.63, 3.8) is 0 Å². The van der Waals surface area contributed by atoms with Gasteiger partial charge in [-0.3, -0.25) is 9.59 Å². The largest absolute Gasteiger partial charge is 0.484 e. The summed E-state index contributed by atoms with van der Waals surface area (Å²) in [6, 6.07) is 24.7. The van der Waals surface area contributed by atoms with Crippen molar-refractivity contribution < 1.29 is 14.3 Å². The van der Waals surface area contributed by atoms with Crippen LogP contribution >= 0.6 is 15.9 Å². The Hall–Kier alpha value is -3.12. The second-order valence-corrected chi connectivity index (χ2v) is 10.6. The van der Waals surface area contributed by atoms with Crippen molar-refractivity contribution in [2.24, 2.45) is 0 Å². The minimum absolute atomic E-state index is 0.00400. The molecule has 0 aliphatic carbocycles. The summed E-state index contributed by atoms with van der Waals surface area (Å²) in [4.78, 5) is 28.9. The molecule has 0 spiro atoms. The summed E-state index contributed by atoms with van der Waals surface area (Å²) in [5.74, 6) is 0.638. The van der Waals surface area contributed by atoms with E-state index in [9.17, 15) is 9.59 Å². The molecule has 0 aliphatic heterocycles. The molecule has 0 unspecified atom stereocenters. The normalized spacial score (nSPS) is 12.6. The van der Waals surface area contributed by atoms with E-state index in [0.29, 0.717) is 24.6 Å². The molecular formula is C31H37BrN2O3. The van der Waals surface area contributed by atoms with Gasteiger partial charge in [0.2, 0.25) is 5.91 Å². The molecule has 1 N–H and O–H groups in total. The predicted molar refractivity (Wildman–Crippen MR) is 153 cm³/mol. The van der Waals surface area contributed by atoms with Gasteiger partial charge in [0.1, 0.15) is 11.8 Å². The number of hydrogen-bond acceptors (Lipinski definition) is 3. The molecule has 0 aliphatic rings. The molecule has 0 saturated heterocycles. The lowest BCUT2D eigenvalue weighted by molar-refractivity contribution is -0.143. The molecule has 196 valence electrons. The van der Waals surface area contributed by atoms with Gasteiger partial charge in [0, 0.05) is 23.5 Å². The van der Waals surface area contributed by atoms with Crippen LogP contribution in [0.5, 0.6) is 5.75 Å². The Balaban J connectivity index is 1.89. The smallest absolute Gasteiger partial charge is 0.261 e. The van der Waals surface area contributed by atoms with E-state index < -0.39 is 6.04 Å². The van der Waals surface area contributed by atoms with E-state index in [1.807, 2.05) is 92.7 Å². The minimum Gasteiger partial charge on any atom is -0.484 e. The van der Waals surface area contributed by atoms with Crippen LogP contribution in [0.3, 0.4) is 0 Å². The number of nitrogens with one attached hydrogen (secondary N) is 1. The predicted octanol–water partition coefficient (Wildman–Crippen LogP) is 6.51. The van der Waals surface area contributed by atoms with Crippen LogP contribution in [0.25, 0.3) is 0 Å². The highest BCUT2D eigenvalue weighted by atomic mass is 79.9. The van der Waals surface area contributed by atoms with Gasteiger partial charge < -0.3 is 15.0 Å². The van der Waals surface area contributed by atoms with Crippen LogP contribution in [0.2, 0.25) is 0 Å². The fraction of sp³-hybridized carbons (Fsp3) is 0.355. The molecule has 3 aromatic carbocycles. The van der Waals surface area contributed by atoms with Gasteiger partial charge in [-0.05, 0) is 60.2 Å². The third kappa shape index (κ3) is 8.74. The van der Waals surface area contributed by atoms with Crippen molar-refractivity contribution in [2.75, 3.05) is 6.61 Å². The van der Waals surface area contributed by atoms with E-state index in [-0.39, 0.29) is 24.5 Å². The highest BCUT2D eigenvalue weighted by Gasteiger charge is 2.31. The van der Waals surface area contributed by atoms with E-state index in [0.717, 1.165) is 22.0 Å². The third-order valence-electron chi connectivity index (χ3n) is 6.42. The molecule has 3 rings (SSSR count). The summed E-state index contributed by atoms with van der Waals surface area (Å²) in [5.41, 5.74) is 3.13. The number of carbonyl (C=O) groups is 2. The summed E-state index contributed by atoms with van der Waals surface area (Å²) in [5, 5.41) is 3.09. The molecule has 3 aromatic rings. The van der Waals surface area contributed by atoms with Crippen molar-refractivity contribution >= 4 is 27.7 Å². The van der Waals surface area contributed by atoms with E-state index in [1.165, 1.54) is 5.56 Å². The second kappa shape index (κ2) is 14.0. The van der Waals surface area contributed by atoms with Crippen molar-refractivity contribution in [1.82, 2.24) is 10.2 Å². The van der Waals surface area contributed by atoms with E-state index in [2.05, 4.69) is 35.1 Å². The van der Waals surface area contributed by atoms with Gasteiger partial charge in [0.25, 0.3) is 5.91 Å². The fourth-order valence-corrected chi connectivity index (χ4v) is 4.45. The molecule has 0 saturated carbocycles. The SMILES string of the molecule is CC[C@H](C)NC(=O)[C@H](Cc1ccccc1)N(Cc1cccc(Br)c1)C(=O)COc1ccc(C(C)C)cc1. The summed E-state index contributed by atoms with van der Waals surface area (Å²) in [7, 11) is 0. The van der Waals surface area contributed by atoms with E-state index in [1.54, 1.807) is 4.90 Å². The van der Waals surface area contributed by atoms with Gasteiger partial charge in [0.05, 0.1) is 0 Å². The van der Waals surface area contributed by atoms with E-state index in [4.69, 9.17) is 4.74 Å². The highest BCUT2D eigenvalue weighted by Crippen LogP contribution is 2.21. The number of ether oxygens (including phenoxy) is 1. The van der Waals surface area contributed by atoms with Crippen molar-refractivity contribution in [3.8, 4) is 5.75 Å². The first-order chi connectivity index (χ1) is 17.8. The molecule has 0 radical (unpaired) electrons. The van der Waals surface area contributed by atoms with Crippen LogP contribution in [0, 0.1) is 0 Å². The first-order valence-corrected chi connectivity index (χ1v) is 13.7. The monoisotopic (exact) mass is 564 g/mol. The highest BCUT2D eigenvalue weighted by molar-refractivity contribution is 9.10. The van der Waals surface area contributed by atoms with Gasteiger partial charge in [-0.15, -0.1) is 0 Å². The molecule has 0 fully saturated rings. The van der Waals surface area contributed by atoms with Crippen molar-refractivity contribution in [1.29, 1.82) is 0 Å². The number of carbonyl (C=O) groups excluding carboxylic acids is 2. The Morgan fingerprint density at radius 2 is 1.59 bits per heavy atom. The maximum absolute atomic E-state index is 13.7. The Morgan fingerprint density at radius 3 is 2.22 bits per heavy atom. The Labute approximate surface area is 229 Å². The lowest BCUT2D eigenvalue weighted by Gasteiger charge is -2.32. The summed E-state index contributed by atoms with van der Waals surface area (Å²) >= 11 is 3.52. The second-order valence-electron chi connectivity index (χ2n) is 9.69. The molecule has 0 bridgehead atoms. The standard InChI is InChI=1S/C31H37BrN2O3/c1-5-23(4)33-31(36)29(19-24-10-7-6-8-11-24)34(20-25-12-9-13-27(32)18-25)30(35)21-37-28-16-14-26(15-17-28)22(2)3/h6-18,22-23,29H,5,19-21H2,1-4H3,(H,33,36)/t23-,29-/m0/s1. The maximum atomic E-state index is 13.7. The van der Waals surface area contributed by atoms with Crippen LogP contribution in [-0.2, 0) is 22.6 Å². The zero-order valence-electron chi connectivity index (χ0n) is 22.1. The van der Waals surface area contributed by atoms with Crippen LogP contribution < -0.4 is 10.1 Å². The summed E-state index contributed by atoms with van der Waals surface area (Å²) < 4.78 is 6.81. The fourth-order valence-electron chi connectivity index (χ4n) is 4.00. The van der Waals surface area contributed by atoms with Gasteiger partial charge in [0.15, 0.2) is 6.61 Å². The van der Waals surface area contributed by atoms with Gasteiger partial charge >= 0.3 is 0 Å². The Morgan fingerprint density at radius 1 is 0.919 bits per heavy atom. The number of amides is 2. The van der Waals surface area contributed by atoms with Crippen LogP contribution in [0.15, 0.2) is 83.3 Å². The quantitative estimate of drug-likeness (QED) is 0.273. The lowest BCUT2D eigenvalue weighted by atomic mass is 10.0. The molecule has 0 heterocycles. The number of hydrogen-bond donors (Lipinski definition) is 1. The molecule has 6 heteroatoms. The average molecular weight is 566 g/mol. The number of nitrogens with zero attached hydrogens (tertiary/aromatic N) is 1. The topological polar surface area (TPSA) is 58.6 Å². The maximum Gasteiger partial charge on any atom is 0.261 e. The zero-order chi connectivity index (χ0) is 26.8. The first kappa shape index (κ1) is 28.5. The van der Waals surface area contributed by atoms with Gasteiger partial charge in [-0.2, -0.15) is 0 Å². The molecule has 37 heavy (non-hydrogen) atoms. The molecule has 0 aromatic heterocycles. The molecule has 2 atom stereocenters. The summed E-state index contributed by atoms with van der Waals surface area (Å²) in [6.07, 6.45) is 1.21. The van der Waals surface area contributed by atoms with Crippen LogP contribution in [-0.4, -0.2) is 35.4 Å².